The lowest BCUT2D eigenvalue weighted by Crippen LogP contribution is -2.44. The third-order valence-corrected chi connectivity index (χ3v) is 4.57. The summed E-state index contributed by atoms with van der Waals surface area (Å²) < 4.78 is 11.0. The highest BCUT2D eigenvalue weighted by atomic mass is 16.5. The van der Waals surface area contributed by atoms with Crippen LogP contribution in [0.5, 0.6) is 0 Å². The Morgan fingerprint density at radius 1 is 1.17 bits per heavy atom. The van der Waals surface area contributed by atoms with Gasteiger partial charge in [0.25, 0.3) is 5.89 Å². The molecule has 0 radical (unpaired) electrons. The van der Waals surface area contributed by atoms with E-state index in [0.717, 1.165) is 25.7 Å². The van der Waals surface area contributed by atoms with E-state index in [-0.39, 0.29) is 11.8 Å². The average Bonchev–Trinajstić information content (AvgIpc) is 3.34. The molecule has 24 heavy (non-hydrogen) atoms. The van der Waals surface area contributed by atoms with Gasteiger partial charge in [-0.1, -0.05) is 18.0 Å². The summed E-state index contributed by atoms with van der Waals surface area (Å²) in [5.74, 6) is 1.49. The maximum Gasteiger partial charge on any atom is 0.258 e. The van der Waals surface area contributed by atoms with E-state index in [9.17, 15) is 4.79 Å². The molecule has 0 aromatic carbocycles. The standard InChI is InChI=1S/C16H19N5O3/c22-16(11-4-1-2-5-11)21-8-9-23-12(10-21)15-19-14(20-24-15)13-17-6-3-7-18-13/h3,6-7,11-12H,1-2,4-5,8-10H2/t12-/m0/s1. The predicted octanol–water partition coefficient (Wildman–Crippen LogP) is 1.62. The fourth-order valence-corrected chi connectivity index (χ4v) is 3.30. The zero-order valence-corrected chi connectivity index (χ0v) is 13.3. The van der Waals surface area contributed by atoms with Gasteiger partial charge in [0.2, 0.25) is 17.6 Å². The summed E-state index contributed by atoms with van der Waals surface area (Å²) in [5, 5.41) is 3.91. The molecule has 0 N–H and O–H groups in total. The Labute approximate surface area is 139 Å². The van der Waals surface area contributed by atoms with Crippen LogP contribution in [0.25, 0.3) is 11.6 Å². The minimum atomic E-state index is -0.394. The van der Waals surface area contributed by atoms with Crippen LogP contribution >= 0.6 is 0 Å². The summed E-state index contributed by atoms with van der Waals surface area (Å²) in [6, 6.07) is 1.72. The zero-order chi connectivity index (χ0) is 16.4. The molecule has 2 aliphatic rings. The molecule has 2 aromatic heterocycles. The van der Waals surface area contributed by atoms with Crippen LogP contribution in [-0.2, 0) is 9.53 Å². The first-order chi connectivity index (χ1) is 11.8. The lowest BCUT2D eigenvalue weighted by atomic mass is 10.1. The topological polar surface area (TPSA) is 94.2 Å². The zero-order valence-electron chi connectivity index (χ0n) is 13.3. The first-order valence-electron chi connectivity index (χ1n) is 8.32. The fourth-order valence-electron chi connectivity index (χ4n) is 3.30. The summed E-state index contributed by atoms with van der Waals surface area (Å²) >= 11 is 0. The van der Waals surface area contributed by atoms with Crippen molar-refractivity contribution < 1.29 is 14.1 Å². The molecule has 126 valence electrons. The molecule has 8 heteroatoms. The van der Waals surface area contributed by atoms with E-state index in [1.165, 1.54) is 0 Å². The predicted molar refractivity (Wildman–Crippen MR) is 82.6 cm³/mol. The Kier molecular flexibility index (Phi) is 4.20. The van der Waals surface area contributed by atoms with Gasteiger partial charge in [-0.05, 0) is 18.9 Å². The lowest BCUT2D eigenvalue weighted by molar-refractivity contribution is -0.144. The third-order valence-electron chi connectivity index (χ3n) is 4.57. The van der Waals surface area contributed by atoms with Gasteiger partial charge in [0.15, 0.2) is 6.10 Å². The Hall–Kier alpha value is -2.35. The molecule has 4 rings (SSSR count). The minimum Gasteiger partial charge on any atom is -0.365 e. The summed E-state index contributed by atoms with van der Waals surface area (Å²) in [4.78, 5) is 27.0. The van der Waals surface area contributed by atoms with Crippen molar-refractivity contribution in [3.8, 4) is 11.6 Å². The highest BCUT2D eigenvalue weighted by molar-refractivity contribution is 5.79. The van der Waals surface area contributed by atoms with Crippen LogP contribution in [0.4, 0.5) is 0 Å². The molecule has 3 heterocycles. The summed E-state index contributed by atoms with van der Waals surface area (Å²) in [6.07, 6.45) is 7.14. The van der Waals surface area contributed by atoms with E-state index in [0.29, 0.717) is 37.2 Å². The van der Waals surface area contributed by atoms with Crippen LogP contribution in [0.15, 0.2) is 23.0 Å². The maximum absolute atomic E-state index is 12.6. The second kappa shape index (κ2) is 6.64. The molecule has 1 saturated heterocycles. The monoisotopic (exact) mass is 329 g/mol. The Bertz CT molecular complexity index is 699. The molecule has 2 aromatic rings. The van der Waals surface area contributed by atoms with Gasteiger partial charge in [-0.25, -0.2) is 9.97 Å². The molecular weight excluding hydrogens is 310 g/mol. The Morgan fingerprint density at radius 2 is 1.96 bits per heavy atom. The van der Waals surface area contributed by atoms with Crippen LogP contribution in [0.2, 0.25) is 0 Å². The van der Waals surface area contributed by atoms with E-state index >= 15 is 0 Å². The number of rotatable bonds is 3. The van der Waals surface area contributed by atoms with E-state index in [1.54, 1.807) is 18.5 Å². The van der Waals surface area contributed by atoms with E-state index in [4.69, 9.17) is 9.26 Å². The number of carbonyl (C=O) groups is 1. The molecule has 1 aliphatic heterocycles. The van der Waals surface area contributed by atoms with Crippen molar-refractivity contribution >= 4 is 5.91 Å². The number of amides is 1. The number of ether oxygens (including phenoxy) is 1. The normalized spacial score (nSPS) is 22.0. The van der Waals surface area contributed by atoms with Crippen molar-refractivity contribution in [1.29, 1.82) is 0 Å². The van der Waals surface area contributed by atoms with Gasteiger partial charge in [-0.3, -0.25) is 4.79 Å². The smallest absolute Gasteiger partial charge is 0.258 e. The number of morpholine rings is 1. The average molecular weight is 329 g/mol. The van der Waals surface area contributed by atoms with Gasteiger partial charge in [-0.15, -0.1) is 0 Å². The molecule has 1 aliphatic carbocycles. The minimum absolute atomic E-state index is 0.166. The van der Waals surface area contributed by atoms with E-state index in [1.807, 2.05) is 4.90 Å². The van der Waals surface area contributed by atoms with Crippen molar-refractivity contribution in [2.24, 2.45) is 5.92 Å². The molecular formula is C16H19N5O3. The van der Waals surface area contributed by atoms with Gasteiger partial charge in [0.05, 0.1) is 13.2 Å². The quantitative estimate of drug-likeness (QED) is 0.844. The number of nitrogens with zero attached hydrogens (tertiary/aromatic N) is 5. The SMILES string of the molecule is O=C(C1CCCC1)N1CCO[C@H](c2nc(-c3ncccn3)no2)C1. The van der Waals surface area contributed by atoms with Crippen LogP contribution in [-0.4, -0.2) is 50.6 Å². The van der Waals surface area contributed by atoms with Gasteiger partial charge < -0.3 is 14.2 Å². The van der Waals surface area contributed by atoms with Crippen molar-refractivity contribution in [3.63, 3.8) is 0 Å². The number of aromatic nitrogens is 4. The fraction of sp³-hybridized carbons (Fsp3) is 0.562. The number of carbonyl (C=O) groups excluding carboxylic acids is 1. The van der Waals surface area contributed by atoms with E-state index < -0.39 is 6.10 Å². The maximum atomic E-state index is 12.6. The van der Waals surface area contributed by atoms with Crippen LogP contribution in [0.3, 0.4) is 0 Å². The molecule has 0 spiro atoms. The highest BCUT2D eigenvalue weighted by Gasteiger charge is 2.33. The molecule has 8 nitrogen and oxygen atoms in total. The second-order valence-electron chi connectivity index (χ2n) is 6.15. The summed E-state index contributed by atoms with van der Waals surface area (Å²) in [7, 11) is 0. The van der Waals surface area contributed by atoms with Crippen LogP contribution in [0, 0.1) is 5.92 Å². The van der Waals surface area contributed by atoms with Crippen molar-refractivity contribution in [2.45, 2.75) is 31.8 Å². The van der Waals surface area contributed by atoms with Gasteiger partial charge in [-0.2, -0.15) is 4.98 Å². The summed E-state index contributed by atoms with van der Waals surface area (Å²) in [5.41, 5.74) is 0. The lowest BCUT2D eigenvalue weighted by Gasteiger charge is -2.32. The van der Waals surface area contributed by atoms with E-state index in [2.05, 4.69) is 20.1 Å². The van der Waals surface area contributed by atoms with Gasteiger partial charge in [0.1, 0.15) is 0 Å². The van der Waals surface area contributed by atoms with Crippen molar-refractivity contribution in [3.05, 3.63) is 24.4 Å². The van der Waals surface area contributed by atoms with Gasteiger partial charge in [0, 0.05) is 24.9 Å². The van der Waals surface area contributed by atoms with Crippen molar-refractivity contribution in [1.82, 2.24) is 25.0 Å². The van der Waals surface area contributed by atoms with Gasteiger partial charge >= 0.3 is 0 Å². The molecule has 0 unspecified atom stereocenters. The van der Waals surface area contributed by atoms with Crippen molar-refractivity contribution in [2.75, 3.05) is 19.7 Å². The second-order valence-corrected chi connectivity index (χ2v) is 6.15. The number of hydrogen-bond acceptors (Lipinski definition) is 7. The molecule has 0 bridgehead atoms. The highest BCUT2D eigenvalue weighted by Crippen LogP contribution is 2.29. The molecule has 1 saturated carbocycles. The summed E-state index contributed by atoms with van der Waals surface area (Å²) in [6.45, 7) is 1.55. The molecule has 2 fully saturated rings. The molecule has 1 amide bonds. The Morgan fingerprint density at radius 3 is 2.75 bits per heavy atom. The first kappa shape index (κ1) is 15.2. The first-order valence-corrected chi connectivity index (χ1v) is 8.32. The van der Waals surface area contributed by atoms with Crippen LogP contribution < -0.4 is 0 Å². The largest absolute Gasteiger partial charge is 0.365 e. The third kappa shape index (κ3) is 3.01. The molecule has 1 atom stereocenters. The van der Waals surface area contributed by atoms with Crippen LogP contribution in [0.1, 0.15) is 37.7 Å². The number of hydrogen-bond donors (Lipinski definition) is 0. The Balaban J connectivity index is 1.46.